The average Bonchev–Trinajstić information content (AvgIpc) is 2.92. The van der Waals surface area contributed by atoms with Gasteiger partial charge in [0.25, 0.3) is 5.69 Å². The molecule has 1 aromatic heterocycles. The number of nitro groups is 1. The molecule has 2 rings (SSSR count). The van der Waals surface area contributed by atoms with Crippen molar-refractivity contribution in [2.75, 3.05) is 0 Å². The standard InChI is InChI=1S/C14H16N4O3/c1-3-10(4-2)14-13(9-19)15-16-17(14)11-6-5-7-12(8-11)18(20)21/h5-10H,3-4H2,1-2H3. The van der Waals surface area contributed by atoms with E-state index in [1.165, 1.54) is 16.8 Å². The molecule has 110 valence electrons. The van der Waals surface area contributed by atoms with Gasteiger partial charge in [-0.05, 0) is 18.9 Å². The van der Waals surface area contributed by atoms with E-state index in [2.05, 4.69) is 10.3 Å². The summed E-state index contributed by atoms with van der Waals surface area (Å²) in [5, 5.41) is 18.7. The summed E-state index contributed by atoms with van der Waals surface area (Å²) < 4.78 is 1.52. The van der Waals surface area contributed by atoms with Crippen LogP contribution >= 0.6 is 0 Å². The predicted octanol–water partition coefficient (Wildman–Crippen LogP) is 2.89. The quantitative estimate of drug-likeness (QED) is 0.463. The Morgan fingerprint density at radius 1 is 1.38 bits per heavy atom. The Morgan fingerprint density at radius 3 is 2.67 bits per heavy atom. The fourth-order valence-electron chi connectivity index (χ4n) is 2.37. The molecule has 0 N–H and O–H groups in total. The summed E-state index contributed by atoms with van der Waals surface area (Å²) in [6, 6.07) is 6.14. The van der Waals surface area contributed by atoms with E-state index in [1.54, 1.807) is 12.1 Å². The number of non-ortho nitro benzene ring substituents is 1. The Hall–Kier alpha value is -2.57. The van der Waals surface area contributed by atoms with E-state index < -0.39 is 4.92 Å². The van der Waals surface area contributed by atoms with Gasteiger partial charge in [-0.25, -0.2) is 4.68 Å². The summed E-state index contributed by atoms with van der Waals surface area (Å²) in [7, 11) is 0. The molecular weight excluding hydrogens is 272 g/mol. The van der Waals surface area contributed by atoms with E-state index in [9.17, 15) is 14.9 Å². The molecule has 0 saturated carbocycles. The number of hydrogen-bond donors (Lipinski definition) is 0. The number of benzene rings is 1. The lowest BCUT2D eigenvalue weighted by atomic mass is 9.97. The van der Waals surface area contributed by atoms with Crippen LogP contribution in [0.25, 0.3) is 5.69 Å². The summed E-state index contributed by atoms with van der Waals surface area (Å²) >= 11 is 0. The Bertz CT molecular complexity index is 662. The highest BCUT2D eigenvalue weighted by atomic mass is 16.6. The van der Waals surface area contributed by atoms with Crippen LogP contribution in [-0.4, -0.2) is 26.2 Å². The van der Waals surface area contributed by atoms with Gasteiger partial charge in [0.1, 0.15) is 5.69 Å². The van der Waals surface area contributed by atoms with Gasteiger partial charge in [0, 0.05) is 18.1 Å². The molecule has 1 heterocycles. The summed E-state index contributed by atoms with van der Waals surface area (Å²) in [5.74, 6) is 0.125. The van der Waals surface area contributed by atoms with Gasteiger partial charge in [-0.3, -0.25) is 14.9 Å². The van der Waals surface area contributed by atoms with E-state index in [0.717, 1.165) is 12.8 Å². The van der Waals surface area contributed by atoms with Gasteiger partial charge >= 0.3 is 0 Å². The minimum absolute atomic E-state index is 0.0221. The third-order valence-corrected chi connectivity index (χ3v) is 3.50. The van der Waals surface area contributed by atoms with Crippen LogP contribution in [-0.2, 0) is 0 Å². The lowest BCUT2D eigenvalue weighted by Gasteiger charge is -2.14. The summed E-state index contributed by atoms with van der Waals surface area (Å²) in [5.41, 5.74) is 1.50. The van der Waals surface area contributed by atoms with Crippen molar-refractivity contribution >= 4 is 12.0 Å². The number of nitrogens with zero attached hydrogens (tertiary/aromatic N) is 4. The molecule has 21 heavy (non-hydrogen) atoms. The van der Waals surface area contributed by atoms with Crippen molar-refractivity contribution in [3.05, 3.63) is 45.8 Å². The van der Waals surface area contributed by atoms with Crippen molar-refractivity contribution in [2.24, 2.45) is 0 Å². The van der Waals surface area contributed by atoms with Crippen LogP contribution in [0.15, 0.2) is 24.3 Å². The first-order chi connectivity index (χ1) is 10.1. The summed E-state index contributed by atoms with van der Waals surface area (Å²) in [6.07, 6.45) is 2.34. The molecule has 0 aliphatic rings. The van der Waals surface area contributed by atoms with Crippen molar-refractivity contribution in [1.82, 2.24) is 15.0 Å². The monoisotopic (exact) mass is 288 g/mol. The summed E-state index contributed by atoms with van der Waals surface area (Å²) in [4.78, 5) is 21.6. The second-order valence-electron chi connectivity index (χ2n) is 4.68. The van der Waals surface area contributed by atoms with Gasteiger partial charge in [-0.2, -0.15) is 0 Å². The normalized spacial score (nSPS) is 10.8. The first-order valence-corrected chi connectivity index (χ1v) is 6.77. The highest BCUT2D eigenvalue weighted by Crippen LogP contribution is 2.27. The predicted molar refractivity (Wildman–Crippen MR) is 76.7 cm³/mol. The molecule has 7 heteroatoms. The van der Waals surface area contributed by atoms with Crippen molar-refractivity contribution in [3.63, 3.8) is 0 Å². The first-order valence-electron chi connectivity index (χ1n) is 6.77. The van der Waals surface area contributed by atoms with Crippen LogP contribution in [0.2, 0.25) is 0 Å². The van der Waals surface area contributed by atoms with Gasteiger partial charge in [-0.1, -0.05) is 25.1 Å². The lowest BCUT2D eigenvalue weighted by molar-refractivity contribution is -0.384. The van der Waals surface area contributed by atoms with Crippen LogP contribution in [0.4, 0.5) is 5.69 Å². The number of aldehydes is 1. The minimum atomic E-state index is -0.460. The fraction of sp³-hybridized carbons (Fsp3) is 0.357. The number of aromatic nitrogens is 3. The molecule has 0 amide bonds. The third kappa shape index (κ3) is 2.81. The molecule has 0 aliphatic carbocycles. The number of nitro benzene ring substituents is 1. The summed E-state index contributed by atoms with van der Waals surface area (Å²) in [6.45, 7) is 4.04. The van der Waals surface area contributed by atoms with E-state index >= 15 is 0 Å². The molecule has 0 bridgehead atoms. The zero-order valence-electron chi connectivity index (χ0n) is 11.9. The Balaban J connectivity index is 2.58. The Morgan fingerprint density at radius 2 is 2.10 bits per heavy atom. The molecule has 1 aromatic carbocycles. The van der Waals surface area contributed by atoms with E-state index in [4.69, 9.17) is 0 Å². The first kappa shape index (κ1) is 14.8. The number of hydrogen-bond acceptors (Lipinski definition) is 5. The number of carbonyl (C=O) groups is 1. The SMILES string of the molecule is CCC(CC)c1c(C=O)nnn1-c1cccc([N+](=O)[O-])c1. The Labute approximate surface area is 121 Å². The number of carbonyl (C=O) groups excluding carboxylic acids is 1. The van der Waals surface area contributed by atoms with Crippen LogP contribution < -0.4 is 0 Å². The van der Waals surface area contributed by atoms with Crippen molar-refractivity contribution < 1.29 is 9.72 Å². The zero-order chi connectivity index (χ0) is 15.4. The van der Waals surface area contributed by atoms with Crippen molar-refractivity contribution in [2.45, 2.75) is 32.6 Å². The fourth-order valence-corrected chi connectivity index (χ4v) is 2.37. The second-order valence-corrected chi connectivity index (χ2v) is 4.68. The molecule has 0 saturated heterocycles. The van der Waals surface area contributed by atoms with E-state index in [1.807, 2.05) is 13.8 Å². The third-order valence-electron chi connectivity index (χ3n) is 3.50. The highest BCUT2D eigenvalue weighted by molar-refractivity contribution is 5.74. The maximum absolute atomic E-state index is 11.2. The Kier molecular flexibility index (Phi) is 4.42. The molecule has 2 aromatic rings. The van der Waals surface area contributed by atoms with Crippen LogP contribution in [0, 0.1) is 10.1 Å². The average molecular weight is 288 g/mol. The largest absolute Gasteiger partial charge is 0.296 e. The highest BCUT2D eigenvalue weighted by Gasteiger charge is 2.21. The smallest absolute Gasteiger partial charge is 0.271 e. The van der Waals surface area contributed by atoms with Gasteiger partial charge in [-0.15, -0.1) is 5.10 Å². The topological polar surface area (TPSA) is 90.9 Å². The van der Waals surface area contributed by atoms with Gasteiger partial charge in [0.2, 0.25) is 0 Å². The molecule has 0 spiro atoms. The molecule has 0 fully saturated rings. The van der Waals surface area contributed by atoms with Crippen LogP contribution in [0.5, 0.6) is 0 Å². The second kappa shape index (κ2) is 6.25. The number of rotatable bonds is 6. The molecule has 0 aliphatic heterocycles. The van der Waals surface area contributed by atoms with Crippen molar-refractivity contribution in [3.8, 4) is 5.69 Å². The zero-order valence-corrected chi connectivity index (χ0v) is 11.9. The van der Waals surface area contributed by atoms with E-state index in [0.29, 0.717) is 17.7 Å². The van der Waals surface area contributed by atoms with Gasteiger partial charge < -0.3 is 0 Å². The van der Waals surface area contributed by atoms with Crippen molar-refractivity contribution in [1.29, 1.82) is 0 Å². The maximum Gasteiger partial charge on any atom is 0.271 e. The molecular formula is C14H16N4O3. The van der Waals surface area contributed by atoms with E-state index in [-0.39, 0.29) is 17.3 Å². The van der Waals surface area contributed by atoms with Crippen LogP contribution in [0.3, 0.4) is 0 Å². The van der Waals surface area contributed by atoms with Gasteiger partial charge in [0.15, 0.2) is 6.29 Å². The maximum atomic E-state index is 11.2. The molecule has 0 atom stereocenters. The van der Waals surface area contributed by atoms with Gasteiger partial charge in [0.05, 0.1) is 16.3 Å². The molecule has 7 nitrogen and oxygen atoms in total. The minimum Gasteiger partial charge on any atom is -0.296 e. The molecule has 0 unspecified atom stereocenters. The molecule has 0 radical (unpaired) electrons. The van der Waals surface area contributed by atoms with Crippen LogP contribution in [0.1, 0.15) is 48.8 Å². The lowest BCUT2D eigenvalue weighted by Crippen LogP contribution is -2.09.